The molecule has 1 aromatic heterocycles. The first-order chi connectivity index (χ1) is 8.74. The molecule has 1 aliphatic rings. The molecule has 0 spiro atoms. The summed E-state index contributed by atoms with van der Waals surface area (Å²) in [5.74, 6) is 1.11. The molecule has 3 nitrogen and oxygen atoms in total. The van der Waals surface area contributed by atoms with Crippen molar-refractivity contribution in [3.63, 3.8) is 0 Å². The molecule has 4 heteroatoms. The summed E-state index contributed by atoms with van der Waals surface area (Å²) in [5, 5.41) is 4.64. The number of anilines is 1. The van der Waals surface area contributed by atoms with Crippen LogP contribution in [-0.2, 0) is 0 Å². The van der Waals surface area contributed by atoms with Gasteiger partial charge in [0.15, 0.2) is 0 Å². The van der Waals surface area contributed by atoms with Gasteiger partial charge < -0.3 is 10.2 Å². The van der Waals surface area contributed by atoms with Gasteiger partial charge in [-0.05, 0) is 59.3 Å². The molecule has 94 valence electrons. The summed E-state index contributed by atoms with van der Waals surface area (Å²) in [4.78, 5) is 7.16. The van der Waals surface area contributed by atoms with Gasteiger partial charge in [0.2, 0.25) is 0 Å². The predicted octanol–water partition coefficient (Wildman–Crippen LogP) is 2.56. The Bertz CT molecular complexity index is 577. The van der Waals surface area contributed by atoms with Crippen LogP contribution in [0, 0.1) is 10.5 Å². The van der Waals surface area contributed by atoms with Crippen LogP contribution in [0.25, 0.3) is 10.9 Å². The summed E-state index contributed by atoms with van der Waals surface area (Å²) in [6.07, 6.45) is 0. The maximum atomic E-state index is 4.80. The lowest BCUT2D eigenvalue weighted by Crippen LogP contribution is -2.43. The van der Waals surface area contributed by atoms with Gasteiger partial charge in [0.05, 0.1) is 5.52 Å². The molecular weight excluding hydrogens is 337 g/mol. The fraction of sp³-hybridized carbons (Fsp3) is 0.357. The molecule has 18 heavy (non-hydrogen) atoms. The van der Waals surface area contributed by atoms with Crippen LogP contribution >= 0.6 is 22.6 Å². The van der Waals surface area contributed by atoms with Crippen molar-refractivity contribution in [1.29, 1.82) is 0 Å². The number of piperazine rings is 1. The molecule has 0 unspecified atom stereocenters. The molecule has 0 radical (unpaired) electrons. The Balaban J connectivity index is 2.06. The summed E-state index contributed by atoms with van der Waals surface area (Å²) in [5.41, 5.74) is 2.41. The highest BCUT2D eigenvalue weighted by Gasteiger charge is 2.13. The van der Waals surface area contributed by atoms with E-state index in [-0.39, 0.29) is 0 Å². The Morgan fingerprint density at radius 1 is 1.22 bits per heavy atom. The van der Waals surface area contributed by atoms with Gasteiger partial charge in [-0.25, -0.2) is 4.98 Å². The van der Waals surface area contributed by atoms with Gasteiger partial charge in [-0.1, -0.05) is 0 Å². The highest BCUT2D eigenvalue weighted by Crippen LogP contribution is 2.24. The largest absolute Gasteiger partial charge is 0.354 e. The minimum atomic E-state index is 1.04. The molecule has 1 fully saturated rings. The molecular formula is C14H16IN3. The summed E-state index contributed by atoms with van der Waals surface area (Å²) < 4.78 is 1.26. The number of pyridine rings is 1. The predicted molar refractivity (Wildman–Crippen MR) is 84.3 cm³/mol. The van der Waals surface area contributed by atoms with E-state index in [4.69, 9.17) is 4.98 Å². The van der Waals surface area contributed by atoms with Gasteiger partial charge in [-0.15, -0.1) is 0 Å². The van der Waals surface area contributed by atoms with E-state index in [0.717, 1.165) is 37.5 Å². The number of nitrogens with one attached hydrogen (secondary N) is 1. The van der Waals surface area contributed by atoms with Gasteiger partial charge in [0, 0.05) is 35.1 Å². The minimum absolute atomic E-state index is 1.04. The number of benzene rings is 1. The fourth-order valence-electron chi connectivity index (χ4n) is 2.40. The van der Waals surface area contributed by atoms with Crippen molar-refractivity contribution in [3.05, 3.63) is 33.4 Å². The van der Waals surface area contributed by atoms with E-state index in [1.54, 1.807) is 0 Å². The maximum Gasteiger partial charge on any atom is 0.129 e. The van der Waals surface area contributed by atoms with Gasteiger partial charge in [0.25, 0.3) is 0 Å². The lowest BCUT2D eigenvalue weighted by atomic mass is 10.1. The Labute approximate surface area is 121 Å². The highest BCUT2D eigenvalue weighted by atomic mass is 127. The number of rotatable bonds is 1. The quantitative estimate of drug-likeness (QED) is 0.799. The Morgan fingerprint density at radius 2 is 2.00 bits per heavy atom. The second-order valence-electron chi connectivity index (χ2n) is 4.70. The van der Waals surface area contributed by atoms with E-state index in [2.05, 4.69) is 64.0 Å². The molecule has 0 aliphatic carbocycles. The third-order valence-electron chi connectivity index (χ3n) is 3.41. The zero-order chi connectivity index (χ0) is 12.5. The second kappa shape index (κ2) is 5.01. The molecule has 2 heterocycles. The van der Waals surface area contributed by atoms with Crippen LogP contribution in [0.3, 0.4) is 0 Å². The van der Waals surface area contributed by atoms with Gasteiger partial charge in [0.1, 0.15) is 5.82 Å². The summed E-state index contributed by atoms with van der Waals surface area (Å²) in [6, 6.07) is 8.66. The lowest BCUT2D eigenvalue weighted by molar-refractivity contribution is 0.585. The monoisotopic (exact) mass is 353 g/mol. The maximum absolute atomic E-state index is 4.80. The molecule has 0 amide bonds. The van der Waals surface area contributed by atoms with Crippen LogP contribution < -0.4 is 10.2 Å². The Morgan fingerprint density at radius 3 is 2.78 bits per heavy atom. The first-order valence-corrected chi connectivity index (χ1v) is 7.34. The van der Waals surface area contributed by atoms with Gasteiger partial charge in [-0.2, -0.15) is 0 Å². The highest BCUT2D eigenvalue weighted by molar-refractivity contribution is 14.1. The van der Waals surface area contributed by atoms with Crippen molar-refractivity contribution in [2.24, 2.45) is 0 Å². The SMILES string of the molecule is Cc1cc(N2CCNCC2)nc2ccc(I)cc12. The Hall–Kier alpha value is -0.880. The second-order valence-corrected chi connectivity index (χ2v) is 5.94. The number of fused-ring (bicyclic) bond motifs is 1. The molecule has 3 rings (SSSR count). The topological polar surface area (TPSA) is 28.2 Å². The molecule has 1 saturated heterocycles. The third-order valence-corrected chi connectivity index (χ3v) is 4.08. The van der Waals surface area contributed by atoms with Crippen molar-refractivity contribution in [3.8, 4) is 0 Å². The van der Waals surface area contributed by atoms with Crippen LogP contribution in [0.5, 0.6) is 0 Å². The number of aromatic nitrogens is 1. The van der Waals surface area contributed by atoms with Gasteiger partial charge >= 0.3 is 0 Å². The molecule has 0 saturated carbocycles. The first-order valence-electron chi connectivity index (χ1n) is 6.26. The van der Waals surface area contributed by atoms with E-state index < -0.39 is 0 Å². The van der Waals surface area contributed by atoms with Crippen molar-refractivity contribution in [1.82, 2.24) is 10.3 Å². The number of hydrogen-bond acceptors (Lipinski definition) is 3. The number of halogens is 1. The van der Waals surface area contributed by atoms with Crippen LogP contribution in [0.1, 0.15) is 5.56 Å². The van der Waals surface area contributed by atoms with E-state index >= 15 is 0 Å². The lowest BCUT2D eigenvalue weighted by Gasteiger charge is -2.28. The van der Waals surface area contributed by atoms with E-state index in [1.807, 2.05) is 0 Å². The van der Waals surface area contributed by atoms with E-state index in [9.17, 15) is 0 Å². The summed E-state index contributed by atoms with van der Waals surface area (Å²) in [7, 11) is 0. The Kier molecular flexibility index (Phi) is 3.39. The normalized spacial score (nSPS) is 16.2. The molecule has 1 N–H and O–H groups in total. The third kappa shape index (κ3) is 2.31. The average Bonchev–Trinajstić information content (AvgIpc) is 2.40. The van der Waals surface area contributed by atoms with Crippen molar-refractivity contribution >= 4 is 39.3 Å². The number of nitrogens with zero attached hydrogens (tertiary/aromatic N) is 2. The molecule has 2 aromatic rings. The number of hydrogen-bond donors (Lipinski definition) is 1. The average molecular weight is 353 g/mol. The van der Waals surface area contributed by atoms with Crippen LogP contribution in [0.2, 0.25) is 0 Å². The fourth-order valence-corrected chi connectivity index (χ4v) is 2.90. The zero-order valence-electron chi connectivity index (χ0n) is 10.4. The van der Waals surface area contributed by atoms with E-state index in [1.165, 1.54) is 14.5 Å². The molecule has 1 aliphatic heterocycles. The van der Waals surface area contributed by atoms with E-state index in [0.29, 0.717) is 0 Å². The smallest absolute Gasteiger partial charge is 0.129 e. The van der Waals surface area contributed by atoms with Crippen LogP contribution in [0.15, 0.2) is 24.3 Å². The summed E-state index contributed by atoms with van der Waals surface area (Å²) in [6.45, 7) is 6.35. The molecule has 0 atom stereocenters. The number of aryl methyl sites for hydroxylation is 1. The molecule has 1 aromatic carbocycles. The first kappa shape index (κ1) is 12.2. The molecule has 0 bridgehead atoms. The van der Waals surface area contributed by atoms with Crippen LogP contribution in [-0.4, -0.2) is 31.2 Å². The summed E-state index contributed by atoms with van der Waals surface area (Å²) >= 11 is 2.35. The van der Waals surface area contributed by atoms with Crippen molar-refractivity contribution in [2.75, 3.05) is 31.1 Å². The van der Waals surface area contributed by atoms with Crippen molar-refractivity contribution in [2.45, 2.75) is 6.92 Å². The van der Waals surface area contributed by atoms with Crippen LogP contribution in [0.4, 0.5) is 5.82 Å². The standard InChI is InChI=1S/C14H16IN3/c1-10-8-14(18-6-4-16-5-7-18)17-13-3-2-11(15)9-12(10)13/h2-3,8-9,16H,4-7H2,1H3. The van der Waals surface area contributed by atoms with Gasteiger partial charge in [-0.3, -0.25) is 0 Å². The zero-order valence-corrected chi connectivity index (χ0v) is 12.6. The van der Waals surface area contributed by atoms with Crippen molar-refractivity contribution < 1.29 is 0 Å². The minimum Gasteiger partial charge on any atom is -0.354 e.